The first-order chi connectivity index (χ1) is 6.24. The van der Waals surface area contributed by atoms with Crippen LogP contribution >= 0.6 is 39.9 Å². The lowest BCUT2D eigenvalue weighted by atomic mass is 10.1. The molecule has 68 valence electrons. The molecule has 1 aromatic heterocycles. The van der Waals surface area contributed by atoms with Crippen molar-refractivity contribution >= 4 is 55.7 Å². The first-order valence-corrected chi connectivity index (χ1v) is 6.22. The molecule has 2 rings (SSSR count). The SMILES string of the molecule is Nc1c(S)c(CBr)cc2sccc12. The highest BCUT2D eigenvalue weighted by atomic mass is 79.9. The van der Waals surface area contributed by atoms with E-state index in [0.717, 1.165) is 26.9 Å². The van der Waals surface area contributed by atoms with Crippen LogP contribution in [0.3, 0.4) is 0 Å². The van der Waals surface area contributed by atoms with E-state index in [1.54, 1.807) is 11.3 Å². The summed E-state index contributed by atoms with van der Waals surface area (Å²) in [6.45, 7) is 0. The van der Waals surface area contributed by atoms with Gasteiger partial charge in [0.2, 0.25) is 0 Å². The van der Waals surface area contributed by atoms with Gasteiger partial charge in [0.25, 0.3) is 0 Å². The van der Waals surface area contributed by atoms with Gasteiger partial charge >= 0.3 is 0 Å². The monoisotopic (exact) mass is 273 g/mol. The molecule has 0 aliphatic heterocycles. The van der Waals surface area contributed by atoms with Crippen molar-refractivity contribution in [2.45, 2.75) is 10.2 Å². The second kappa shape index (κ2) is 3.52. The molecule has 0 saturated carbocycles. The third kappa shape index (κ3) is 1.47. The summed E-state index contributed by atoms with van der Waals surface area (Å²) in [5.74, 6) is 0. The quantitative estimate of drug-likeness (QED) is 0.463. The molecule has 0 spiro atoms. The maximum absolute atomic E-state index is 5.95. The molecule has 0 amide bonds. The van der Waals surface area contributed by atoms with Gasteiger partial charge in [0, 0.05) is 20.3 Å². The first-order valence-electron chi connectivity index (χ1n) is 3.77. The van der Waals surface area contributed by atoms with E-state index >= 15 is 0 Å². The summed E-state index contributed by atoms with van der Waals surface area (Å²) in [4.78, 5) is 0.891. The normalized spacial score (nSPS) is 10.9. The number of hydrogen-bond acceptors (Lipinski definition) is 3. The van der Waals surface area contributed by atoms with Crippen LogP contribution in [-0.4, -0.2) is 0 Å². The minimum atomic E-state index is 0.788. The molecule has 0 fully saturated rings. The molecule has 4 heteroatoms. The van der Waals surface area contributed by atoms with Crippen LogP contribution < -0.4 is 5.73 Å². The van der Waals surface area contributed by atoms with Gasteiger partial charge in [-0.3, -0.25) is 0 Å². The van der Waals surface area contributed by atoms with E-state index in [1.165, 1.54) is 4.70 Å². The van der Waals surface area contributed by atoms with E-state index in [1.807, 2.05) is 11.4 Å². The van der Waals surface area contributed by atoms with E-state index in [-0.39, 0.29) is 0 Å². The molecular formula is C9H8BrNS2. The second-order valence-electron chi connectivity index (χ2n) is 2.76. The highest BCUT2D eigenvalue weighted by molar-refractivity contribution is 9.08. The molecular weight excluding hydrogens is 266 g/mol. The van der Waals surface area contributed by atoms with Crippen molar-refractivity contribution in [2.75, 3.05) is 5.73 Å². The van der Waals surface area contributed by atoms with Crippen molar-refractivity contribution in [2.24, 2.45) is 0 Å². The summed E-state index contributed by atoms with van der Waals surface area (Å²) in [5.41, 5.74) is 7.89. The summed E-state index contributed by atoms with van der Waals surface area (Å²) in [7, 11) is 0. The fourth-order valence-corrected chi connectivity index (χ4v) is 3.07. The Hall–Kier alpha value is -0.190. The van der Waals surface area contributed by atoms with Crippen LogP contribution in [0.1, 0.15) is 5.56 Å². The Morgan fingerprint density at radius 2 is 2.31 bits per heavy atom. The Balaban J connectivity index is 2.83. The Morgan fingerprint density at radius 3 is 3.00 bits per heavy atom. The number of thiol groups is 1. The molecule has 0 aliphatic carbocycles. The summed E-state index contributed by atoms with van der Waals surface area (Å²) in [5, 5.41) is 3.95. The summed E-state index contributed by atoms with van der Waals surface area (Å²) >= 11 is 9.51. The minimum Gasteiger partial charge on any atom is -0.397 e. The van der Waals surface area contributed by atoms with E-state index in [9.17, 15) is 0 Å². The lowest BCUT2D eigenvalue weighted by Crippen LogP contribution is -1.91. The maximum Gasteiger partial charge on any atom is 0.0540 e. The lowest BCUT2D eigenvalue weighted by molar-refractivity contribution is 1.32. The molecule has 0 aliphatic rings. The molecule has 2 N–H and O–H groups in total. The third-order valence-electron chi connectivity index (χ3n) is 1.99. The van der Waals surface area contributed by atoms with Crippen LogP contribution in [0.15, 0.2) is 22.4 Å². The Bertz CT molecular complexity index is 450. The highest BCUT2D eigenvalue weighted by Gasteiger charge is 2.07. The van der Waals surface area contributed by atoms with Gasteiger partial charge in [-0.25, -0.2) is 0 Å². The van der Waals surface area contributed by atoms with Gasteiger partial charge in [0.05, 0.1) is 5.69 Å². The number of anilines is 1. The zero-order valence-corrected chi connectivity index (χ0v) is 10.0. The number of benzene rings is 1. The van der Waals surface area contributed by atoms with Crippen LogP contribution in [-0.2, 0) is 5.33 Å². The van der Waals surface area contributed by atoms with Gasteiger partial charge in [-0.05, 0) is 23.1 Å². The smallest absolute Gasteiger partial charge is 0.0540 e. The lowest BCUT2D eigenvalue weighted by Gasteiger charge is -2.05. The highest BCUT2D eigenvalue weighted by Crippen LogP contribution is 2.34. The van der Waals surface area contributed by atoms with E-state index in [4.69, 9.17) is 5.73 Å². The van der Waals surface area contributed by atoms with Crippen molar-refractivity contribution in [1.29, 1.82) is 0 Å². The molecule has 2 aromatic rings. The minimum absolute atomic E-state index is 0.788. The van der Waals surface area contributed by atoms with Gasteiger partial charge in [0.15, 0.2) is 0 Å². The number of thiophene rings is 1. The van der Waals surface area contributed by atoms with Crippen molar-refractivity contribution < 1.29 is 0 Å². The first kappa shape index (κ1) is 9.37. The summed E-state index contributed by atoms with van der Waals surface area (Å²) in [6.07, 6.45) is 0. The summed E-state index contributed by atoms with van der Waals surface area (Å²) in [6, 6.07) is 4.17. The van der Waals surface area contributed by atoms with Crippen LogP contribution in [0.5, 0.6) is 0 Å². The number of nitrogens with two attached hydrogens (primary N) is 1. The fourth-order valence-electron chi connectivity index (χ4n) is 1.28. The van der Waals surface area contributed by atoms with Gasteiger partial charge in [-0.2, -0.15) is 0 Å². The molecule has 0 bridgehead atoms. The van der Waals surface area contributed by atoms with E-state index in [2.05, 4.69) is 34.6 Å². The Kier molecular flexibility index (Phi) is 2.53. The molecule has 1 heterocycles. The van der Waals surface area contributed by atoms with Crippen molar-refractivity contribution in [1.82, 2.24) is 0 Å². The number of hydrogen-bond donors (Lipinski definition) is 2. The fraction of sp³-hybridized carbons (Fsp3) is 0.111. The maximum atomic E-state index is 5.95. The molecule has 13 heavy (non-hydrogen) atoms. The molecule has 1 nitrogen and oxygen atoms in total. The van der Waals surface area contributed by atoms with Crippen LogP contribution in [0.25, 0.3) is 10.1 Å². The van der Waals surface area contributed by atoms with Crippen molar-refractivity contribution in [3.05, 3.63) is 23.1 Å². The molecule has 0 radical (unpaired) electrons. The Labute approximate surface area is 94.5 Å². The number of rotatable bonds is 1. The topological polar surface area (TPSA) is 26.0 Å². The average Bonchev–Trinajstić information content (AvgIpc) is 2.59. The van der Waals surface area contributed by atoms with Crippen LogP contribution in [0, 0.1) is 0 Å². The van der Waals surface area contributed by atoms with Gasteiger partial charge in [-0.15, -0.1) is 24.0 Å². The zero-order valence-electron chi connectivity index (χ0n) is 6.75. The molecule has 0 unspecified atom stereocenters. The van der Waals surface area contributed by atoms with Gasteiger partial charge < -0.3 is 5.73 Å². The second-order valence-corrected chi connectivity index (χ2v) is 4.72. The van der Waals surface area contributed by atoms with Crippen LogP contribution in [0.4, 0.5) is 5.69 Å². The predicted molar refractivity (Wildman–Crippen MR) is 66.1 cm³/mol. The van der Waals surface area contributed by atoms with Crippen LogP contribution in [0.2, 0.25) is 0 Å². The zero-order chi connectivity index (χ0) is 9.42. The average molecular weight is 274 g/mol. The van der Waals surface area contributed by atoms with Gasteiger partial charge in [0.1, 0.15) is 0 Å². The number of halogens is 1. The predicted octanol–water partition coefficient (Wildman–Crippen LogP) is 3.67. The number of fused-ring (bicyclic) bond motifs is 1. The third-order valence-corrected chi connectivity index (χ3v) is 3.99. The van der Waals surface area contributed by atoms with E-state index < -0.39 is 0 Å². The van der Waals surface area contributed by atoms with Crippen molar-refractivity contribution in [3.8, 4) is 0 Å². The van der Waals surface area contributed by atoms with Gasteiger partial charge in [-0.1, -0.05) is 15.9 Å². The molecule has 1 aromatic carbocycles. The molecule has 0 saturated heterocycles. The number of alkyl halides is 1. The van der Waals surface area contributed by atoms with Crippen molar-refractivity contribution in [3.63, 3.8) is 0 Å². The standard InChI is InChI=1S/C9H8BrNS2/c10-4-5-3-7-6(1-2-13-7)8(11)9(5)12/h1-3,12H,4,11H2. The van der Waals surface area contributed by atoms with E-state index in [0.29, 0.717) is 0 Å². The Morgan fingerprint density at radius 1 is 1.54 bits per heavy atom. The largest absolute Gasteiger partial charge is 0.397 e. The summed E-state index contributed by atoms with van der Waals surface area (Å²) < 4.78 is 1.23. The molecule has 0 atom stereocenters. The number of nitrogen functional groups attached to an aromatic ring is 1.